The molecule has 5 nitrogen and oxygen atoms in total. The molecular weight excluding hydrogens is 256 g/mol. The van der Waals surface area contributed by atoms with Gasteiger partial charge >= 0.3 is 0 Å². The first-order valence-electron chi connectivity index (χ1n) is 7.02. The fraction of sp³-hybridized carbons (Fsp3) is 0.467. The number of imide groups is 1. The Morgan fingerprint density at radius 1 is 1.00 bits per heavy atom. The van der Waals surface area contributed by atoms with Crippen molar-refractivity contribution in [2.75, 3.05) is 26.2 Å². The Morgan fingerprint density at radius 2 is 1.55 bits per heavy atom. The van der Waals surface area contributed by atoms with Crippen LogP contribution in [0.2, 0.25) is 0 Å². The van der Waals surface area contributed by atoms with Crippen LogP contribution in [0.1, 0.15) is 33.6 Å². The highest BCUT2D eigenvalue weighted by Crippen LogP contribution is 2.22. The fourth-order valence-corrected chi connectivity index (χ4v) is 2.94. The molecule has 0 bridgehead atoms. The number of carbonyl (C=O) groups is 2. The minimum Gasteiger partial charge on any atom is -0.390 e. The Kier molecular flexibility index (Phi) is 3.54. The number of amides is 2. The van der Waals surface area contributed by atoms with E-state index in [9.17, 15) is 14.7 Å². The minimum atomic E-state index is -0.685. The van der Waals surface area contributed by atoms with E-state index in [0.29, 0.717) is 17.7 Å². The van der Waals surface area contributed by atoms with E-state index in [1.807, 2.05) is 0 Å². The molecule has 1 aromatic rings. The molecule has 1 unspecified atom stereocenters. The molecular formula is C15H18N2O3. The Balaban J connectivity index is 1.66. The summed E-state index contributed by atoms with van der Waals surface area (Å²) in [6, 6.07) is 6.80. The van der Waals surface area contributed by atoms with Gasteiger partial charge in [0.1, 0.15) is 0 Å². The zero-order chi connectivity index (χ0) is 14.1. The van der Waals surface area contributed by atoms with Crippen molar-refractivity contribution in [3.8, 4) is 0 Å². The van der Waals surface area contributed by atoms with E-state index in [1.165, 1.54) is 0 Å². The molecule has 1 aromatic carbocycles. The summed E-state index contributed by atoms with van der Waals surface area (Å²) in [6.45, 7) is 2.56. The van der Waals surface area contributed by atoms with Crippen LogP contribution in [0.3, 0.4) is 0 Å². The average molecular weight is 274 g/mol. The highest BCUT2D eigenvalue weighted by Gasteiger charge is 2.36. The highest BCUT2D eigenvalue weighted by molar-refractivity contribution is 6.21. The van der Waals surface area contributed by atoms with Crippen molar-refractivity contribution in [3.63, 3.8) is 0 Å². The summed E-state index contributed by atoms with van der Waals surface area (Å²) in [6.07, 6.45) is 1.62. The summed E-state index contributed by atoms with van der Waals surface area (Å²) in [5.41, 5.74) is 0.872. The predicted molar refractivity (Wildman–Crippen MR) is 73.5 cm³/mol. The summed E-state index contributed by atoms with van der Waals surface area (Å²) < 4.78 is 0. The third kappa shape index (κ3) is 2.34. The lowest BCUT2D eigenvalue weighted by Gasteiger charge is -2.22. The molecule has 0 aromatic heterocycles. The second kappa shape index (κ2) is 5.34. The quantitative estimate of drug-likeness (QED) is 0.823. The first-order chi connectivity index (χ1) is 9.66. The molecule has 1 fully saturated rings. The lowest BCUT2D eigenvalue weighted by Crippen LogP contribution is -2.41. The van der Waals surface area contributed by atoms with Crippen molar-refractivity contribution in [3.05, 3.63) is 35.4 Å². The number of carbonyl (C=O) groups excluding carboxylic acids is 2. The molecule has 1 saturated heterocycles. The van der Waals surface area contributed by atoms with E-state index in [4.69, 9.17) is 0 Å². The predicted octanol–water partition coefficient (Wildman–Crippen LogP) is 0.739. The monoisotopic (exact) mass is 274 g/mol. The van der Waals surface area contributed by atoms with E-state index in [-0.39, 0.29) is 18.4 Å². The maximum Gasteiger partial charge on any atom is 0.261 e. The molecule has 2 amide bonds. The largest absolute Gasteiger partial charge is 0.390 e. The van der Waals surface area contributed by atoms with Gasteiger partial charge in [-0.2, -0.15) is 0 Å². The molecule has 0 spiro atoms. The van der Waals surface area contributed by atoms with Gasteiger partial charge < -0.3 is 10.0 Å². The molecule has 20 heavy (non-hydrogen) atoms. The summed E-state index contributed by atoms with van der Waals surface area (Å²) >= 11 is 0. The second-order valence-corrected chi connectivity index (χ2v) is 5.43. The van der Waals surface area contributed by atoms with Gasteiger partial charge in [0.15, 0.2) is 0 Å². The van der Waals surface area contributed by atoms with Crippen LogP contribution in [0.15, 0.2) is 24.3 Å². The third-order valence-corrected chi connectivity index (χ3v) is 3.94. The van der Waals surface area contributed by atoms with Gasteiger partial charge in [-0.15, -0.1) is 0 Å². The number of aliphatic hydroxyl groups excluding tert-OH is 1. The van der Waals surface area contributed by atoms with Crippen LogP contribution in [-0.4, -0.2) is 59.0 Å². The van der Waals surface area contributed by atoms with Gasteiger partial charge in [0.2, 0.25) is 0 Å². The molecule has 3 rings (SSSR count). The Hall–Kier alpha value is -1.72. The van der Waals surface area contributed by atoms with Crippen LogP contribution < -0.4 is 0 Å². The number of rotatable bonds is 4. The van der Waals surface area contributed by atoms with Gasteiger partial charge in [-0.1, -0.05) is 12.1 Å². The number of likely N-dealkylation sites (tertiary alicyclic amines) is 1. The Morgan fingerprint density at radius 3 is 2.10 bits per heavy atom. The maximum absolute atomic E-state index is 12.2. The van der Waals surface area contributed by atoms with Crippen molar-refractivity contribution in [1.82, 2.24) is 9.80 Å². The normalized spacial score (nSPS) is 20.6. The molecule has 5 heteroatoms. The maximum atomic E-state index is 12.2. The number of hydrogen-bond donors (Lipinski definition) is 1. The summed E-state index contributed by atoms with van der Waals surface area (Å²) in [7, 11) is 0. The number of aliphatic hydroxyl groups is 1. The molecule has 1 atom stereocenters. The van der Waals surface area contributed by atoms with Gasteiger partial charge in [0, 0.05) is 6.54 Å². The molecule has 0 radical (unpaired) electrons. The topological polar surface area (TPSA) is 60.9 Å². The third-order valence-electron chi connectivity index (χ3n) is 3.94. The summed E-state index contributed by atoms with van der Waals surface area (Å²) in [5, 5.41) is 10.1. The highest BCUT2D eigenvalue weighted by atomic mass is 16.3. The molecule has 2 aliphatic heterocycles. The minimum absolute atomic E-state index is 0.0723. The molecule has 1 N–H and O–H groups in total. The number of hydrogen-bond acceptors (Lipinski definition) is 4. The van der Waals surface area contributed by atoms with Crippen molar-refractivity contribution in [2.24, 2.45) is 0 Å². The standard InChI is InChI=1S/C15H18N2O3/c18-11(9-16-7-3-4-8-16)10-17-14(19)12-5-1-2-6-13(12)15(17)20/h1-2,5-6,11,18H,3-4,7-10H2. The molecule has 106 valence electrons. The number of fused-ring (bicyclic) bond motifs is 1. The first-order valence-corrected chi connectivity index (χ1v) is 7.02. The van der Waals surface area contributed by atoms with Gasteiger partial charge in [0.25, 0.3) is 11.8 Å². The zero-order valence-corrected chi connectivity index (χ0v) is 11.3. The summed E-state index contributed by atoms with van der Waals surface area (Å²) in [4.78, 5) is 27.6. The zero-order valence-electron chi connectivity index (χ0n) is 11.3. The first kappa shape index (κ1) is 13.3. The van der Waals surface area contributed by atoms with Crippen LogP contribution in [0, 0.1) is 0 Å². The van der Waals surface area contributed by atoms with Crippen LogP contribution in [-0.2, 0) is 0 Å². The molecule has 0 saturated carbocycles. The number of nitrogens with zero attached hydrogens (tertiary/aromatic N) is 2. The van der Waals surface area contributed by atoms with Crippen molar-refractivity contribution in [2.45, 2.75) is 18.9 Å². The van der Waals surface area contributed by atoms with Crippen molar-refractivity contribution < 1.29 is 14.7 Å². The van der Waals surface area contributed by atoms with Crippen LogP contribution in [0.5, 0.6) is 0 Å². The van der Waals surface area contributed by atoms with E-state index >= 15 is 0 Å². The van der Waals surface area contributed by atoms with Crippen LogP contribution in [0.4, 0.5) is 0 Å². The fourth-order valence-electron chi connectivity index (χ4n) is 2.94. The Labute approximate surface area is 117 Å². The van der Waals surface area contributed by atoms with Crippen LogP contribution in [0.25, 0.3) is 0 Å². The van der Waals surface area contributed by atoms with E-state index < -0.39 is 6.10 Å². The number of benzene rings is 1. The van der Waals surface area contributed by atoms with Gasteiger partial charge in [0.05, 0.1) is 23.8 Å². The second-order valence-electron chi connectivity index (χ2n) is 5.43. The van der Waals surface area contributed by atoms with E-state index in [2.05, 4.69) is 4.90 Å². The van der Waals surface area contributed by atoms with Gasteiger partial charge in [-0.25, -0.2) is 0 Å². The average Bonchev–Trinajstić information content (AvgIpc) is 3.03. The van der Waals surface area contributed by atoms with Gasteiger partial charge in [-0.3, -0.25) is 14.5 Å². The molecule has 0 aliphatic carbocycles. The van der Waals surface area contributed by atoms with Gasteiger partial charge in [-0.05, 0) is 38.1 Å². The smallest absolute Gasteiger partial charge is 0.261 e. The van der Waals surface area contributed by atoms with Crippen LogP contribution >= 0.6 is 0 Å². The SMILES string of the molecule is O=C1c2ccccc2C(=O)N1CC(O)CN1CCCC1. The van der Waals surface area contributed by atoms with Crippen molar-refractivity contribution in [1.29, 1.82) is 0 Å². The molecule has 2 heterocycles. The summed E-state index contributed by atoms with van der Waals surface area (Å²) in [5.74, 6) is -0.600. The lowest BCUT2D eigenvalue weighted by atomic mass is 10.1. The number of β-amino-alcohol motifs (C(OH)–C–C–N with tert-alkyl or cyclic N) is 1. The Bertz CT molecular complexity index is 503. The molecule has 2 aliphatic rings. The van der Waals surface area contributed by atoms with Crippen molar-refractivity contribution >= 4 is 11.8 Å². The lowest BCUT2D eigenvalue weighted by molar-refractivity contribution is 0.0492. The van der Waals surface area contributed by atoms with E-state index in [1.54, 1.807) is 24.3 Å². The van der Waals surface area contributed by atoms with E-state index in [0.717, 1.165) is 30.8 Å².